The number of guanidine groups is 1. The van der Waals surface area contributed by atoms with Crippen LogP contribution in [0.2, 0.25) is 0 Å². The van der Waals surface area contributed by atoms with Crippen molar-refractivity contribution >= 4 is 42.5 Å². The summed E-state index contributed by atoms with van der Waals surface area (Å²) in [4.78, 5) is 33.5. The lowest BCUT2D eigenvalue weighted by molar-refractivity contribution is -0.122. The highest BCUT2D eigenvalue weighted by molar-refractivity contribution is 5.85. The molecule has 0 aliphatic rings. The maximum atomic E-state index is 13.3. The van der Waals surface area contributed by atoms with Crippen LogP contribution in [0.5, 0.6) is 0 Å². The van der Waals surface area contributed by atoms with Gasteiger partial charge in [-0.2, -0.15) is 0 Å². The number of benzene rings is 1. The number of oxime groups is 1. The van der Waals surface area contributed by atoms with Crippen molar-refractivity contribution in [1.82, 2.24) is 14.9 Å². The first kappa shape index (κ1) is 28.9. The van der Waals surface area contributed by atoms with E-state index in [4.69, 9.17) is 16.3 Å². The first-order valence-corrected chi connectivity index (χ1v) is 8.99. The molecule has 0 atom stereocenters. The van der Waals surface area contributed by atoms with Gasteiger partial charge < -0.3 is 26.9 Å². The third-order valence-electron chi connectivity index (χ3n) is 3.93. The Labute approximate surface area is 195 Å². The summed E-state index contributed by atoms with van der Waals surface area (Å²) in [5, 5.41) is 8.74. The summed E-state index contributed by atoms with van der Waals surface area (Å²) < 4.78 is 27.5. The molecule has 0 aliphatic carbocycles. The standard InChI is InChI=1S/C18H23F2N7O3.2ClH/c1-11-9-25-16(24-5-4-12-2-3-13(19)14(20)8-12)17(29)27(11)10-15(28)23-6-7-30-26-18(21)22;;/h2-3,8-9H,4-7,10H2,1H3,(H,23,28)(H,24,25)(H4,21,22,26);2*1H. The van der Waals surface area contributed by atoms with E-state index in [9.17, 15) is 18.4 Å². The van der Waals surface area contributed by atoms with Crippen molar-refractivity contribution in [3.8, 4) is 0 Å². The minimum atomic E-state index is -0.932. The highest BCUT2D eigenvalue weighted by Crippen LogP contribution is 2.09. The number of hydrogen-bond acceptors (Lipinski definition) is 6. The highest BCUT2D eigenvalue weighted by Gasteiger charge is 2.11. The third kappa shape index (κ3) is 8.94. The van der Waals surface area contributed by atoms with Gasteiger partial charge in [-0.1, -0.05) is 6.07 Å². The van der Waals surface area contributed by atoms with Gasteiger partial charge in [0.05, 0.1) is 6.54 Å². The molecular weight excluding hydrogens is 471 g/mol. The second kappa shape index (κ2) is 14.0. The number of carbonyl (C=O) groups excluding carboxylic acids is 1. The van der Waals surface area contributed by atoms with Gasteiger partial charge in [-0.3, -0.25) is 14.2 Å². The number of nitrogens with one attached hydrogen (secondary N) is 2. The number of rotatable bonds is 10. The molecule has 0 aliphatic heterocycles. The summed E-state index contributed by atoms with van der Waals surface area (Å²) >= 11 is 0. The van der Waals surface area contributed by atoms with Gasteiger partial charge >= 0.3 is 0 Å². The van der Waals surface area contributed by atoms with E-state index in [-0.39, 0.29) is 62.8 Å². The summed E-state index contributed by atoms with van der Waals surface area (Å²) in [5.74, 6) is -2.45. The first-order valence-electron chi connectivity index (χ1n) is 8.99. The number of nitrogens with zero attached hydrogens (tertiary/aromatic N) is 3. The Balaban J connectivity index is 0.00000480. The number of carbonyl (C=O) groups is 1. The molecule has 32 heavy (non-hydrogen) atoms. The van der Waals surface area contributed by atoms with Gasteiger partial charge in [0.1, 0.15) is 13.2 Å². The molecule has 1 amide bonds. The summed E-state index contributed by atoms with van der Waals surface area (Å²) in [5.41, 5.74) is 10.8. The summed E-state index contributed by atoms with van der Waals surface area (Å²) in [7, 11) is 0. The lowest BCUT2D eigenvalue weighted by atomic mass is 10.1. The van der Waals surface area contributed by atoms with E-state index < -0.39 is 23.1 Å². The van der Waals surface area contributed by atoms with Crippen molar-refractivity contribution in [3.05, 3.63) is 57.6 Å². The number of hydrogen-bond donors (Lipinski definition) is 4. The molecule has 178 valence electrons. The van der Waals surface area contributed by atoms with Gasteiger partial charge in [0, 0.05) is 18.4 Å². The summed E-state index contributed by atoms with van der Waals surface area (Å²) in [6.07, 6.45) is 1.80. The molecule has 0 bridgehead atoms. The van der Waals surface area contributed by atoms with Crippen LogP contribution in [0.1, 0.15) is 11.3 Å². The van der Waals surface area contributed by atoms with Gasteiger partial charge in [0.2, 0.25) is 11.9 Å². The molecule has 0 fully saturated rings. The van der Waals surface area contributed by atoms with Crippen LogP contribution in [0.15, 0.2) is 34.3 Å². The van der Waals surface area contributed by atoms with Crippen molar-refractivity contribution in [2.24, 2.45) is 16.6 Å². The van der Waals surface area contributed by atoms with Gasteiger partial charge in [-0.25, -0.2) is 13.8 Å². The fourth-order valence-electron chi connectivity index (χ4n) is 2.46. The molecule has 2 aromatic rings. The van der Waals surface area contributed by atoms with Gasteiger partial charge in [-0.05, 0) is 36.2 Å². The molecule has 0 unspecified atom stereocenters. The quantitative estimate of drug-likeness (QED) is 0.163. The summed E-state index contributed by atoms with van der Waals surface area (Å²) in [6.45, 7) is 1.91. The molecule has 0 saturated heterocycles. The summed E-state index contributed by atoms with van der Waals surface area (Å²) in [6, 6.07) is 3.60. The number of amides is 1. The van der Waals surface area contributed by atoms with Crippen LogP contribution in [0, 0.1) is 18.6 Å². The maximum absolute atomic E-state index is 13.3. The van der Waals surface area contributed by atoms with E-state index in [1.54, 1.807) is 6.92 Å². The molecule has 14 heteroatoms. The lowest BCUT2D eigenvalue weighted by Crippen LogP contribution is -2.36. The first-order chi connectivity index (χ1) is 14.3. The zero-order valence-electron chi connectivity index (χ0n) is 17.1. The minimum Gasteiger partial charge on any atom is -0.391 e. The predicted octanol–water partition coefficient (Wildman–Crippen LogP) is 0.649. The topological polar surface area (TPSA) is 150 Å². The van der Waals surface area contributed by atoms with Crippen LogP contribution in [0.25, 0.3) is 0 Å². The normalized spacial score (nSPS) is 9.72. The van der Waals surface area contributed by atoms with E-state index in [0.29, 0.717) is 17.7 Å². The van der Waals surface area contributed by atoms with Crippen LogP contribution in [-0.4, -0.2) is 41.1 Å². The van der Waals surface area contributed by atoms with Crippen molar-refractivity contribution in [2.45, 2.75) is 19.9 Å². The number of nitrogens with two attached hydrogens (primary N) is 2. The number of anilines is 1. The van der Waals surface area contributed by atoms with Crippen molar-refractivity contribution in [1.29, 1.82) is 0 Å². The van der Waals surface area contributed by atoms with E-state index >= 15 is 0 Å². The van der Waals surface area contributed by atoms with Crippen molar-refractivity contribution < 1.29 is 18.4 Å². The molecule has 1 aromatic heterocycles. The van der Waals surface area contributed by atoms with Crippen LogP contribution in [-0.2, 0) is 22.6 Å². The van der Waals surface area contributed by atoms with E-state index in [2.05, 4.69) is 20.8 Å². The molecule has 6 N–H and O–H groups in total. The monoisotopic (exact) mass is 495 g/mol. The Hall–Kier alpha value is -3.12. The zero-order chi connectivity index (χ0) is 22.1. The van der Waals surface area contributed by atoms with Gasteiger partial charge in [0.15, 0.2) is 17.5 Å². The van der Waals surface area contributed by atoms with E-state index in [1.165, 1.54) is 16.8 Å². The Bertz CT molecular complexity index is 986. The molecular formula is C18H25Cl2F2N7O3. The van der Waals surface area contributed by atoms with Crippen LogP contribution in [0.4, 0.5) is 14.6 Å². The molecule has 2 rings (SSSR count). The van der Waals surface area contributed by atoms with Crippen LogP contribution >= 0.6 is 24.8 Å². The number of aromatic nitrogens is 2. The average Bonchev–Trinajstić information content (AvgIpc) is 2.69. The second-order valence-electron chi connectivity index (χ2n) is 6.26. The van der Waals surface area contributed by atoms with Crippen LogP contribution < -0.4 is 27.7 Å². The van der Waals surface area contributed by atoms with Gasteiger partial charge in [-0.15, -0.1) is 24.8 Å². The fraction of sp³-hybridized carbons (Fsp3) is 0.333. The molecule has 0 saturated carbocycles. The number of halogens is 4. The molecule has 1 heterocycles. The Kier molecular flexibility index (Phi) is 12.7. The second-order valence-corrected chi connectivity index (χ2v) is 6.26. The maximum Gasteiger partial charge on any atom is 0.293 e. The molecule has 1 aromatic carbocycles. The molecule has 0 spiro atoms. The Morgan fingerprint density at radius 3 is 2.59 bits per heavy atom. The highest BCUT2D eigenvalue weighted by atomic mass is 35.5. The van der Waals surface area contributed by atoms with E-state index in [1.807, 2.05) is 0 Å². The zero-order valence-corrected chi connectivity index (χ0v) is 18.8. The third-order valence-corrected chi connectivity index (χ3v) is 3.93. The van der Waals surface area contributed by atoms with Crippen molar-refractivity contribution in [3.63, 3.8) is 0 Å². The molecule has 0 radical (unpaired) electrons. The SMILES string of the molecule is Cc1cnc(NCCc2ccc(F)c(F)c2)c(=O)n1CC(=O)NCCON=C(N)N.Cl.Cl. The van der Waals surface area contributed by atoms with Gasteiger partial charge in [0.25, 0.3) is 5.56 Å². The average molecular weight is 496 g/mol. The lowest BCUT2D eigenvalue weighted by Gasteiger charge is -2.12. The molecule has 10 nitrogen and oxygen atoms in total. The van der Waals surface area contributed by atoms with Crippen molar-refractivity contribution in [2.75, 3.05) is 25.0 Å². The predicted molar refractivity (Wildman–Crippen MR) is 121 cm³/mol. The van der Waals surface area contributed by atoms with E-state index in [0.717, 1.165) is 12.1 Å². The Morgan fingerprint density at radius 2 is 1.94 bits per heavy atom. The number of aryl methyl sites for hydroxylation is 1. The minimum absolute atomic E-state index is 0. The van der Waals surface area contributed by atoms with Crippen LogP contribution in [0.3, 0.4) is 0 Å². The fourth-order valence-corrected chi connectivity index (χ4v) is 2.46. The largest absolute Gasteiger partial charge is 0.391 e. The smallest absolute Gasteiger partial charge is 0.293 e. The Morgan fingerprint density at radius 1 is 1.22 bits per heavy atom.